The molecular formula is C48H42N2. The maximum atomic E-state index is 2.51. The molecule has 3 aliphatic carbocycles. The Hall–Kier alpha value is -5.60. The maximum Gasteiger partial charge on any atom is 0.0563 e. The number of benzene rings is 6. The number of hydrogen-bond acceptors (Lipinski definition) is 2. The normalized spacial score (nSPS) is 17.5. The highest BCUT2D eigenvalue weighted by atomic mass is 15.2. The standard InChI is InChI=1S/C48H42N2/c1-47(2)43-31-37(49(33-17-9-5-10-18-33)34-19-11-6-12-20-34)25-27-39(43)41-29-30-42-40-28-26-38(32-44(40)48(3,4)46(42)45(41)47)50(35-21-13-7-14-22-35)36-23-15-8-16-24-36/h5-31,38H,32H2,1-4H3. The molecule has 2 heteroatoms. The third kappa shape index (κ3) is 4.62. The van der Waals surface area contributed by atoms with Crippen molar-refractivity contribution in [2.24, 2.45) is 0 Å². The lowest BCUT2D eigenvalue weighted by Crippen LogP contribution is -2.34. The molecule has 2 nitrogen and oxygen atoms in total. The summed E-state index contributed by atoms with van der Waals surface area (Å²) in [5, 5.41) is 0. The van der Waals surface area contributed by atoms with Gasteiger partial charge in [0.15, 0.2) is 0 Å². The Morgan fingerprint density at radius 3 is 1.52 bits per heavy atom. The highest BCUT2D eigenvalue weighted by Crippen LogP contribution is 2.60. The van der Waals surface area contributed by atoms with E-state index in [-0.39, 0.29) is 16.9 Å². The summed E-state index contributed by atoms with van der Waals surface area (Å²) in [6.45, 7) is 9.82. The third-order valence-electron chi connectivity index (χ3n) is 11.4. The summed E-state index contributed by atoms with van der Waals surface area (Å²) in [5.74, 6) is 0. The van der Waals surface area contributed by atoms with Gasteiger partial charge in [-0.05, 0) is 112 Å². The van der Waals surface area contributed by atoms with Gasteiger partial charge in [-0.2, -0.15) is 0 Å². The average Bonchev–Trinajstić information content (AvgIpc) is 3.52. The first-order chi connectivity index (χ1) is 24.3. The molecule has 6 aromatic rings. The summed E-state index contributed by atoms with van der Waals surface area (Å²) in [4.78, 5) is 4.89. The number of allylic oxidation sites excluding steroid dienone is 2. The highest BCUT2D eigenvalue weighted by Gasteiger charge is 2.47. The van der Waals surface area contributed by atoms with E-state index in [0.717, 1.165) is 17.8 Å². The van der Waals surface area contributed by atoms with Crippen molar-refractivity contribution < 1.29 is 0 Å². The summed E-state index contributed by atoms with van der Waals surface area (Å²) in [6.07, 6.45) is 5.84. The number of nitrogens with zero attached hydrogens (tertiary/aromatic N) is 2. The summed E-state index contributed by atoms with van der Waals surface area (Å²) in [7, 11) is 0. The molecule has 0 saturated heterocycles. The van der Waals surface area contributed by atoms with Crippen molar-refractivity contribution in [1.29, 1.82) is 0 Å². The van der Waals surface area contributed by atoms with Gasteiger partial charge in [0.1, 0.15) is 0 Å². The summed E-state index contributed by atoms with van der Waals surface area (Å²) in [6, 6.07) is 55.3. The topological polar surface area (TPSA) is 6.48 Å². The van der Waals surface area contributed by atoms with E-state index >= 15 is 0 Å². The molecule has 3 aliphatic rings. The second kappa shape index (κ2) is 11.5. The molecule has 1 unspecified atom stereocenters. The summed E-state index contributed by atoms with van der Waals surface area (Å²) < 4.78 is 0. The predicted molar refractivity (Wildman–Crippen MR) is 211 cm³/mol. The van der Waals surface area contributed by atoms with E-state index in [1.807, 2.05) is 0 Å². The molecule has 244 valence electrons. The first-order valence-electron chi connectivity index (χ1n) is 17.9. The lowest BCUT2D eigenvalue weighted by atomic mass is 9.70. The predicted octanol–water partition coefficient (Wildman–Crippen LogP) is 12.7. The van der Waals surface area contributed by atoms with Gasteiger partial charge in [0.25, 0.3) is 0 Å². The molecule has 0 fully saturated rings. The Kier molecular flexibility index (Phi) is 7.00. The van der Waals surface area contributed by atoms with Crippen LogP contribution < -0.4 is 9.80 Å². The fourth-order valence-electron chi connectivity index (χ4n) is 9.09. The van der Waals surface area contributed by atoms with Gasteiger partial charge in [-0.1, -0.05) is 131 Å². The fraction of sp³-hybridized carbons (Fsp3) is 0.167. The van der Waals surface area contributed by atoms with E-state index in [0.29, 0.717) is 0 Å². The largest absolute Gasteiger partial charge is 0.334 e. The second-order valence-corrected chi connectivity index (χ2v) is 15.0. The zero-order chi connectivity index (χ0) is 34.0. The van der Waals surface area contributed by atoms with Gasteiger partial charge >= 0.3 is 0 Å². The minimum atomic E-state index is -0.166. The molecule has 0 aromatic heterocycles. The fourth-order valence-corrected chi connectivity index (χ4v) is 9.09. The van der Waals surface area contributed by atoms with Crippen LogP contribution in [0.5, 0.6) is 0 Å². The van der Waals surface area contributed by atoms with Gasteiger partial charge in [0.2, 0.25) is 0 Å². The van der Waals surface area contributed by atoms with E-state index in [9.17, 15) is 0 Å². The van der Waals surface area contributed by atoms with E-state index < -0.39 is 0 Å². The number of fused-ring (bicyclic) bond motifs is 6. The molecule has 6 aromatic carbocycles. The minimum Gasteiger partial charge on any atom is -0.334 e. The Bertz CT molecular complexity index is 2200. The highest BCUT2D eigenvalue weighted by molar-refractivity contribution is 5.94. The molecule has 0 heterocycles. The van der Waals surface area contributed by atoms with Crippen molar-refractivity contribution in [3.8, 4) is 11.1 Å². The maximum absolute atomic E-state index is 2.51. The van der Waals surface area contributed by atoms with Gasteiger partial charge < -0.3 is 9.80 Å². The van der Waals surface area contributed by atoms with Crippen molar-refractivity contribution in [2.75, 3.05) is 9.80 Å². The molecule has 0 bridgehead atoms. The molecule has 0 radical (unpaired) electrons. The minimum absolute atomic E-state index is 0.111. The Labute approximate surface area is 296 Å². The van der Waals surface area contributed by atoms with Crippen LogP contribution in [0.15, 0.2) is 169 Å². The molecule has 0 N–H and O–H groups in total. The average molecular weight is 647 g/mol. The van der Waals surface area contributed by atoms with Crippen molar-refractivity contribution in [3.63, 3.8) is 0 Å². The zero-order valence-corrected chi connectivity index (χ0v) is 29.3. The van der Waals surface area contributed by atoms with Gasteiger partial charge in [0.05, 0.1) is 6.04 Å². The number of para-hydroxylation sites is 4. The monoisotopic (exact) mass is 646 g/mol. The molecule has 0 spiro atoms. The molecule has 1 atom stereocenters. The van der Waals surface area contributed by atoms with Crippen molar-refractivity contribution in [2.45, 2.75) is 51.0 Å². The third-order valence-corrected chi connectivity index (χ3v) is 11.4. The van der Waals surface area contributed by atoms with Gasteiger partial charge in [0, 0.05) is 39.3 Å². The van der Waals surface area contributed by atoms with Crippen LogP contribution in [-0.2, 0) is 10.8 Å². The van der Waals surface area contributed by atoms with E-state index in [1.54, 1.807) is 0 Å². The van der Waals surface area contributed by atoms with Crippen LogP contribution in [-0.4, -0.2) is 6.04 Å². The summed E-state index contributed by atoms with van der Waals surface area (Å²) in [5.41, 5.74) is 17.1. The molecule has 9 rings (SSSR count). The molecule has 50 heavy (non-hydrogen) atoms. The lowest BCUT2D eigenvalue weighted by molar-refractivity contribution is 0.560. The smallest absolute Gasteiger partial charge is 0.0563 e. The Morgan fingerprint density at radius 2 is 0.960 bits per heavy atom. The van der Waals surface area contributed by atoms with Gasteiger partial charge in [-0.3, -0.25) is 0 Å². The summed E-state index contributed by atoms with van der Waals surface area (Å²) >= 11 is 0. The second-order valence-electron chi connectivity index (χ2n) is 15.0. The van der Waals surface area contributed by atoms with Crippen molar-refractivity contribution >= 4 is 34.0 Å². The lowest BCUT2D eigenvalue weighted by Gasteiger charge is -2.37. The number of hydrogen-bond donors (Lipinski definition) is 0. The van der Waals surface area contributed by atoms with Gasteiger partial charge in [-0.15, -0.1) is 0 Å². The van der Waals surface area contributed by atoms with E-state index in [4.69, 9.17) is 0 Å². The van der Waals surface area contributed by atoms with E-state index in [1.165, 1.54) is 61.6 Å². The van der Waals surface area contributed by atoms with Crippen molar-refractivity contribution in [3.05, 3.63) is 192 Å². The first kappa shape index (κ1) is 30.5. The Morgan fingerprint density at radius 1 is 0.480 bits per heavy atom. The van der Waals surface area contributed by atoms with Crippen LogP contribution in [0.25, 0.3) is 16.7 Å². The molecular weight excluding hydrogens is 605 g/mol. The number of anilines is 5. The molecule has 0 aliphatic heterocycles. The van der Waals surface area contributed by atoms with Crippen LogP contribution in [0.4, 0.5) is 28.4 Å². The van der Waals surface area contributed by atoms with Crippen LogP contribution in [0.2, 0.25) is 0 Å². The van der Waals surface area contributed by atoms with Gasteiger partial charge in [-0.25, -0.2) is 0 Å². The quantitative estimate of drug-likeness (QED) is 0.178. The number of rotatable bonds is 6. The van der Waals surface area contributed by atoms with Crippen LogP contribution >= 0.6 is 0 Å². The van der Waals surface area contributed by atoms with E-state index in [2.05, 4.69) is 201 Å². The van der Waals surface area contributed by atoms with Crippen LogP contribution in [0.1, 0.15) is 56.4 Å². The SMILES string of the molecule is CC1(C)C2=C(C=CC(N(c3ccccc3)c3ccccc3)C2)c2ccc3c(c21)C(C)(C)c1cc(N(c2ccccc2)c2ccccc2)ccc1-3. The zero-order valence-electron chi connectivity index (χ0n) is 29.3. The van der Waals surface area contributed by atoms with Crippen LogP contribution in [0, 0.1) is 0 Å². The van der Waals surface area contributed by atoms with Crippen LogP contribution in [0.3, 0.4) is 0 Å². The first-order valence-corrected chi connectivity index (χ1v) is 17.9. The molecule has 0 saturated carbocycles. The molecule has 0 amide bonds. The van der Waals surface area contributed by atoms with Crippen molar-refractivity contribution in [1.82, 2.24) is 0 Å². The Balaban J connectivity index is 1.12.